The zero-order valence-electron chi connectivity index (χ0n) is 12.9. The third kappa shape index (κ3) is 7.61. The zero-order valence-corrected chi connectivity index (χ0v) is 13.7. The molecule has 3 heteroatoms. The van der Waals surface area contributed by atoms with E-state index in [-0.39, 0.29) is 17.6 Å². The van der Waals surface area contributed by atoms with Crippen LogP contribution in [0.1, 0.15) is 47.5 Å². The molecule has 1 heterocycles. The average molecular weight is 283 g/mol. The van der Waals surface area contributed by atoms with Crippen molar-refractivity contribution in [3.8, 4) is 0 Å². The monoisotopic (exact) mass is 283 g/mol. The molecular weight excluding hydrogens is 254 g/mol. The van der Waals surface area contributed by atoms with Crippen molar-refractivity contribution < 1.29 is 4.74 Å². The lowest BCUT2D eigenvalue weighted by Gasteiger charge is -2.31. The fraction of sp³-hybridized carbons (Fsp3) is 0.625. The van der Waals surface area contributed by atoms with Crippen molar-refractivity contribution in [2.75, 3.05) is 0 Å². The van der Waals surface area contributed by atoms with Crippen molar-refractivity contribution >= 4 is 11.8 Å². The first kappa shape index (κ1) is 18.5. The number of hydrogen-bond donors (Lipinski definition) is 1. The Morgan fingerprint density at radius 3 is 2.16 bits per heavy atom. The van der Waals surface area contributed by atoms with Gasteiger partial charge in [-0.05, 0) is 31.9 Å². The van der Waals surface area contributed by atoms with Gasteiger partial charge in [0, 0.05) is 10.9 Å². The normalized spacial score (nSPS) is 25.5. The van der Waals surface area contributed by atoms with Crippen molar-refractivity contribution in [2.45, 2.75) is 69.9 Å². The summed E-state index contributed by atoms with van der Waals surface area (Å²) in [4.78, 5) is 1.25. The van der Waals surface area contributed by atoms with Crippen LogP contribution in [-0.4, -0.2) is 17.6 Å². The van der Waals surface area contributed by atoms with Crippen LogP contribution in [0.25, 0.3) is 0 Å². The molecule has 2 N–H and O–H groups in total. The minimum Gasteiger partial charge on any atom is -0.364 e. The molecule has 1 aliphatic rings. The summed E-state index contributed by atoms with van der Waals surface area (Å²) >= 11 is 1.77. The molecule has 3 atom stereocenters. The average Bonchev–Trinajstić information content (AvgIpc) is 2.43. The molecule has 1 aromatic rings. The van der Waals surface area contributed by atoms with E-state index in [0.717, 1.165) is 12.8 Å². The summed E-state index contributed by atoms with van der Waals surface area (Å²) in [5.74, 6) is 0. The maximum Gasteiger partial charge on any atom is 0.109 e. The van der Waals surface area contributed by atoms with Gasteiger partial charge >= 0.3 is 0 Å². The lowest BCUT2D eigenvalue weighted by Crippen LogP contribution is -2.37. The van der Waals surface area contributed by atoms with Gasteiger partial charge in [-0.15, -0.1) is 0 Å². The number of hydrogen-bond acceptors (Lipinski definition) is 3. The summed E-state index contributed by atoms with van der Waals surface area (Å²) in [5, 5.41) is 0. The molecule has 1 fully saturated rings. The standard InChI is InChI=1S/C12H17NOS.2C2H6/c1-9-7-10(13)8-12(14-9)15-11-5-3-2-4-6-11;2*1-2/h2-6,9-10,12H,7-8,13H2,1H3;2*1-2H3. The molecule has 0 spiro atoms. The van der Waals surface area contributed by atoms with Gasteiger partial charge in [0.2, 0.25) is 0 Å². The summed E-state index contributed by atoms with van der Waals surface area (Å²) in [6.45, 7) is 10.1. The van der Waals surface area contributed by atoms with E-state index in [2.05, 4.69) is 31.2 Å². The Balaban J connectivity index is 0.000000741. The van der Waals surface area contributed by atoms with Gasteiger partial charge in [-0.25, -0.2) is 0 Å². The highest BCUT2D eigenvalue weighted by Crippen LogP contribution is 2.31. The van der Waals surface area contributed by atoms with Gasteiger partial charge in [-0.3, -0.25) is 0 Å². The third-order valence-electron chi connectivity index (χ3n) is 2.52. The summed E-state index contributed by atoms with van der Waals surface area (Å²) in [6.07, 6.45) is 2.21. The second-order valence-corrected chi connectivity index (χ2v) is 5.27. The Kier molecular flexibility index (Phi) is 11.0. The first-order chi connectivity index (χ1) is 9.24. The number of rotatable bonds is 2. The maximum atomic E-state index is 5.98. The quantitative estimate of drug-likeness (QED) is 0.855. The van der Waals surface area contributed by atoms with E-state index in [1.165, 1.54) is 4.90 Å². The van der Waals surface area contributed by atoms with E-state index >= 15 is 0 Å². The fourth-order valence-electron chi connectivity index (χ4n) is 1.87. The molecule has 0 aromatic heterocycles. The summed E-state index contributed by atoms with van der Waals surface area (Å²) in [7, 11) is 0. The van der Waals surface area contributed by atoms with E-state index in [0.29, 0.717) is 0 Å². The lowest BCUT2D eigenvalue weighted by molar-refractivity contribution is -0.0000738. The minimum absolute atomic E-state index is 0.214. The summed E-state index contributed by atoms with van der Waals surface area (Å²) in [5.41, 5.74) is 6.19. The highest BCUT2D eigenvalue weighted by Gasteiger charge is 2.25. The van der Waals surface area contributed by atoms with Crippen molar-refractivity contribution in [2.24, 2.45) is 5.73 Å². The molecule has 110 valence electrons. The van der Waals surface area contributed by atoms with Gasteiger partial charge in [-0.1, -0.05) is 57.7 Å². The predicted octanol–water partition coefficient (Wildman–Crippen LogP) is 4.68. The zero-order chi connectivity index (χ0) is 14.7. The van der Waals surface area contributed by atoms with E-state index in [1.54, 1.807) is 11.8 Å². The second kappa shape index (κ2) is 11.3. The predicted molar refractivity (Wildman–Crippen MR) is 86.5 cm³/mol. The molecule has 2 nitrogen and oxygen atoms in total. The lowest BCUT2D eigenvalue weighted by atomic mass is 10.1. The fourth-order valence-corrected chi connectivity index (χ4v) is 3.07. The molecule has 0 aliphatic carbocycles. The van der Waals surface area contributed by atoms with Crippen LogP contribution in [0.3, 0.4) is 0 Å². The molecule has 19 heavy (non-hydrogen) atoms. The minimum atomic E-state index is 0.214. The van der Waals surface area contributed by atoms with Gasteiger partial charge in [0.15, 0.2) is 0 Å². The van der Waals surface area contributed by atoms with Crippen molar-refractivity contribution in [3.63, 3.8) is 0 Å². The Bertz CT molecular complexity index is 295. The van der Waals surface area contributed by atoms with Crippen LogP contribution in [0, 0.1) is 0 Å². The van der Waals surface area contributed by atoms with Crippen LogP contribution in [0.15, 0.2) is 35.2 Å². The van der Waals surface area contributed by atoms with Gasteiger partial charge in [0.1, 0.15) is 5.44 Å². The van der Waals surface area contributed by atoms with Crippen LogP contribution in [0.4, 0.5) is 0 Å². The van der Waals surface area contributed by atoms with Crippen molar-refractivity contribution in [1.29, 1.82) is 0 Å². The number of nitrogens with two attached hydrogens (primary N) is 1. The van der Waals surface area contributed by atoms with E-state index in [9.17, 15) is 0 Å². The molecule has 1 saturated heterocycles. The number of benzene rings is 1. The van der Waals surface area contributed by atoms with E-state index < -0.39 is 0 Å². The van der Waals surface area contributed by atoms with E-state index in [4.69, 9.17) is 10.5 Å². The Labute approximate surface area is 123 Å². The Morgan fingerprint density at radius 1 is 1.05 bits per heavy atom. The molecule has 0 amide bonds. The smallest absolute Gasteiger partial charge is 0.109 e. The number of thioether (sulfide) groups is 1. The van der Waals surface area contributed by atoms with Gasteiger partial charge in [-0.2, -0.15) is 0 Å². The van der Waals surface area contributed by atoms with Crippen LogP contribution >= 0.6 is 11.8 Å². The van der Waals surface area contributed by atoms with Crippen molar-refractivity contribution in [3.05, 3.63) is 30.3 Å². The van der Waals surface area contributed by atoms with Crippen LogP contribution in [0.2, 0.25) is 0 Å². The molecule has 0 radical (unpaired) electrons. The van der Waals surface area contributed by atoms with Crippen LogP contribution in [-0.2, 0) is 4.74 Å². The van der Waals surface area contributed by atoms with Gasteiger partial charge < -0.3 is 10.5 Å². The SMILES string of the molecule is CC.CC.CC1CC(N)CC(Sc2ccccc2)O1. The topological polar surface area (TPSA) is 35.2 Å². The van der Waals surface area contributed by atoms with Crippen LogP contribution in [0.5, 0.6) is 0 Å². The third-order valence-corrected chi connectivity index (χ3v) is 3.64. The first-order valence-electron chi connectivity index (χ1n) is 7.37. The molecule has 3 unspecified atom stereocenters. The molecule has 1 aromatic carbocycles. The van der Waals surface area contributed by atoms with Crippen LogP contribution < -0.4 is 5.73 Å². The molecular formula is C16H29NOS. The highest BCUT2D eigenvalue weighted by atomic mass is 32.2. The highest BCUT2D eigenvalue weighted by molar-refractivity contribution is 7.99. The van der Waals surface area contributed by atoms with Gasteiger partial charge in [0.05, 0.1) is 6.10 Å². The largest absolute Gasteiger partial charge is 0.364 e. The maximum absolute atomic E-state index is 5.98. The van der Waals surface area contributed by atoms with Gasteiger partial charge in [0.25, 0.3) is 0 Å². The van der Waals surface area contributed by atoms with Crippen molar-refractivity contribution in [1.82, 2.24) is 0 Å². The first-order valence-corrected chi connectivity index (χ1v) is 8.25. The number of ether oxygens (including phenoxy) is 1. The van der Waals surface area contributed by atoms with E-state index in [1.807, 2.05) is 33.8 Å². The Morgan fingerprint density at radius 2 is 1.63 bits per heavy atom. The summed E-state index contributed by atoms with van der Waals surface area (Å²) < 4.78 is 5.84. The molecule has 1 aliphatic heterocycles. The second-order valence-electron chi connectivity index (χ2n) is 4.04. The molecule has 0 bridgehead atoms. The molecule has 0 saturated carbocycles. The Hall–Kier alpha value is -0.510. The summed E-state index contributed by atoms with van der Waals surface area (Å²) in [6, 6.07) is 10.6. The molecule has 2 rings (SSSR count).